The monoisotopic (exact) mass is 268 g/mol. The van der Waals surface area contributed by atoms with Gasteiger partial charge in [0.05, 0.1) is 34.9 Å². The Hall–Kier alpha value is -2.24. The molecule has 0 aromatic heterocycles. The maximum absolute atomic E-state index is 11.8. The van der Waals surface area contributed by atoms with E-state index >= 15 is 0 Å². The molecule has 1 aromatic carbocycles. The molecule has 0 bridgehead atoms. The van der Waals surface area contributed by atoms with Crippen molar-refractivity contribution in [1.29, 1.82) is 0 Å². The minimum atomic E-state index is -0.602. The third-order valence-electron chi connectivity index (χ3n) is 2.58. The third kappa shape index (κ3) is 3.15. The first-order valence-electron chi connectivity index (χ1n) is 5.48. The highest BCUT2D eigenvalue weighted by atomic mass is 16.5. The van der Waals surface area contributed by atoms with Crippen molar-refractivity contribution in [2.24, 2.45) is 0 Å². The maximum atomic E-state index is 11.8. The molecular formula is C13H16O6. The van der Waals surface area contributed by atoms with Gasteiger partial charge in [0.15, 0.2) is 11.5 Å². The summed E-state index contributed by atoms with van der Waals surface area (Å²) in [6.45, 7) is 0. The zero-order valence-electron chi connectivity index (χ0n) is 11.3. The molecule has 6 nitrogen and oxygen atoms in total. The lowest BCUT2D eigenvalue weighted by atomic mass is 10.0. The molecule has 0 radical (unpaired) electrons. The van der Waals surface area contributed by atoms with E-state index in [9.17, 15) is 9.59 Å². The van der Waals surface area contributed by atoms with Crippen molar-refractivity contribution in [3.8, 4) is 11.5 Å². The Morgan fingerprint density at radius 2 is 1.68 bits per heavy atom. The van der Waals surface area contributed by atoms with E-state index < -0.39 is 11.9 Å². The van der Waals surface area contributed by atoms with Crippen molar-refractivity contribution < 1.29 is 28.5 Å². The van der Waals surface area contributed by atoms with Gasteiger partial charge in [-0.15, -0.1) is 0 Å². The molecule has 0 unspecified atom stereocenters. The highest BCUT2D eigenvalue weighted by Gasteiger charge is 2.23. The topological polar surface area (TPSA) is 71.1 Å². The van der Waals surface area contributed by atoms with Crippen LogP contribution in [-0.4, -0.2) is 40.4 Å². The van der Waals surface area contributed by atoms with Crippen LogP contribution in [0.15, 0.2) is 12.1 Å². The van der Waals surface area contributed by atoms with Gasteiger partial charge < -0.3 is 18.9 Å². The third-order valence-corrected chi connectivity index (χ3v) is 2.58. The summed E-state index contributed by atoms with van der Waals surface area (Å²) < 4.78 is 19.6. The van der Waals surface area contributed by atoms with E-state index in [0.29, 0.717) is 11.3 Å². The molecule has 0 aliphatic carbocycles. The van der Waals surface area contributed by atoms with Crippen molar-refractivity contribution in [2.75, 3.05) is 28.4 Å². The van der Waals surface area contributed by atoms with Gasteiger partial charge in [0.1, 0.15) is 5.56 Å². The molecule has 1 rings (SSSR count). The number of carbonyl (C=O) groups is 2. The Morgan fingerprint density at radius 3 is 2.16 bits per heavy atom. The molecule has 1 aromatic rings. The fourth-order valence-electron chi connectivity index (χ4n) is 1.67. The van der Waals surface area contributed by atoms with Gasteiger partial charge in [0, 0.05) is 0 Å². The van der Waals surface area contributed by atoms with E-state index in [4.69, 9.17) is 14.2 Å². The molecule has 6 heteroatoms. The smallest absolute Gasteiger partial charge is 0.342 e. The summed E-state index contributed by atoms with van der Waals surface area (Å²) in [5.41, 5.74) is 0.617. The Bertz CT molecular complexity index is 480. The van der Waals surface area contributed by atoms with Crippen LogP contribution in [0.5, 0.6) is 11.5 Å². The number of ether oxygens (including phenoxy) is 4. The standard InChI is InChI=1S/C13H16O6/c1-16-9-6-5-8(7-10(14)17-2)11(12(9)18-3)13(15)19-4/h5-6H,7H2,1-4H3. The fourth-order valence-corrected chi connectivity index (χ4v) is 1.67. The normalized spacial score (nSPS) is 9.68. The van der Waals surface area contributed by atoms with Gasteiger partial charge >= 0.3 is 11.9 Å². The molecule has 0 fully saturated rings. The van der Waals surface area contributed by atoms with E-state index in [1.165, 1.54) is 28.4 Å². The average Bonchev–Trinajstić information content (AvgIpc) is 2.45. The van der Waals surface area contributed by atoms with Crippen LogP contribution >= 0.6 is 0 Å². The van der Waals surface area contributed by atoms with E-state index in [2.05, 4.69) is 4.74 Å². The van der Waals surface area contributed by atoms with Crippen LogP contribution in [0, 0.1) is 0 Å². The summed E-state index contributed by atoms with van der Waals surface area (Å²) in [7, 11) is 5.40. The predicted octanol–water partition coefficient (Wildman–Crippen LogP) is 1.21. The van der Waals surface area contributed by atoms with Crippen LogP contribution < -0.4 is 9.47 Å². The Balaban J connectivity index is 3.37. The highest BCUT2D eigenvalue weighted by molar-refractivity contribution is 5.96. The molecule has 0 saturated heterocycles. The molecule has 19 heavy (non-hydrogen) atoms. The highest BCUT2D eigenvalue weighted by Crippen LogP contribution is 2.34. The van der Waals surface area contributed by atoms with E-state index in [-0.39, 0.29) is 17.7 Å². The van der Waals surface area contributed by atoms with Crippen LogP contribution in [0.4, 0.5) is 0 Å². The molecule has 104 valence electrons. The number of hydrogen-bond donors (Lipinski definition) is 0. The Kier molecular flexibility index (Phi) is 5.17. The largest absolute Gasteiger partial charge is 0.493 e. The molecule has 0 saturated carbocycles. The van der Waals surface area contributed by atoms with E-state index in [1.54, 1.807) is 12.1 Å². The number of benzene rings is 1. The zero-order chi connectivity index (χ0) is 14.4. The van der Waals surface area contributed by atoms with E-state index in [0.717, 1.165) is 0 Å². The lowest BCUT2D eigenvalue weighted by molar-refractivity contribution is -0.139. The first-order chi connectivity index (χ1) is 9.08. The fraction of sp³-hybridized carbons (Fsp3) is 0.385. The van der Waals surface area contributed by atoms with Crippen molar-refractivity contribution in [1.82, 2.24) is 0 Å². The second-order valence-corrected chi connectivity index (χ2v) is 3.58. The second kappa shape index (κ2) is 6.63. The minimum absolute atomic E-state index is 0.0543. The number of hydrogen-bond acceptors (Lipinski definition) is 6. The molecule has 0 aliphatic heterocycles. The van der Waals surface area contributed by atoms with E-state index in [1.807, 2.05) is 0 Å². The first kappa shape index (κ1) is 14.8. The molecule has 0 N–H and O–H groups in total. The number of methoxy groups -OCH3 is 4. The van der Waals surface area contributed by atoms with Crippen molar-refractivity contribution in [3.63, 3.8) is 0 Å². The summed E-state index contributed by atoms with van der Waals surface area (Å²) >= 11 is 0. The van der Waals surface area contributed by atoms with Crippen molar-refractivity contribution in [3.05, 3.63) is 23.3 Å². The summed E-state index contributed by atoms with van der Waals surface area (Å²) in [6, 6.07) is 3.22. The second-order valence-electron chi connectivity index (χ2n) is 3.58. The van der Waals surface area contributed by atoms with Gasteiger partial charge in [-0.25, -0.2) is 4.79 Å². The summed E-state index contributed by atoms with van der Waals surface area (Å²) in [6.07, 6.45) is -0.0543. The van der Waals surface area contributed by atoms with Crippen LogP contribution in [0.2, 0.25) is 0 Å². The average molecular weight is 268 g/mol. The van der Waals surface area contributed by atoms with Gasteiger partial charge in [-0.3, -0.25) is 4.79 Å². The van der Waals surface area contributed by atoms with Gasteiger partial charge in [0.25, 0.3) is 0 Å². The predicted molar refractivity (Wildman–Crippen MR) is 66.6 cm³/mol. The first-order valence-corrected chi connectivity index (χ1v) is 5.48. The quantitative estimate of drug-likeness (QED) is 0.747. The zero-order valence-corrected chi connectivity index (χ0v) is 11.3. The minimum Gasteiger partial charge on any atom is -0.493 e. The molecular weight excluding hydrogens is 252 g/mol. The molecule has 0 aliphatic rings. The summed E-state index contributed by atoms with van der Waals surface area (Å²) in [5, 5.41) is 0. The maximum Gasteiger partial charge on any atom is 0.342 e. The van der Waals surface area contributed by atoms with Crippen molar-refractivity contribution >= 4 is 11.9 Å². The number of esters is 2. The van der Waals surface area contributed by atoms with Crippen LogP contribution in [0.25, 0.3) is 0 Å². The lowest BCUT2D eigenvalue weighted by Gasteiger charge is -2.14. The summed E-state index contributed by atoms with van der Waals surface area (Å²) in [5.74, 6) is -0.445. The van der Waals surface area contributed by atoms with Gasteiger partial charge in [0.2, 0.25) is 0 Å². The molecule has 0 atom stereocenters. The Morgan fingerprint density at radius 1 is 1.00 bits per heavy atom. The number of carbonyl (C=O) groups excluding carboxylic acids is 2. The Labute approximate surface area is 111 Å². The van der Waals surface area contributed by atoms with Crippen molar-refractivity contribution in [2.45, 2.75) is 6.42 Å². The molecule has 0 spiro atoms. The van der Waals surface area contributed by atoms with Gasteiger partial charge in [-0.1, -0.05) is 6.07 Å². The lowest BCUT2D eigenvalue weighted by Crippen LogP contribution is -2.13. The molecule has 0 heterocycles. The van der Waals surface area contributed by atoms with Crippen LogP contribution in [-0.2, 0) is 20.7 Å². The number of rotatable bonds is 5. The van der Waals surface area contributed by atoms with Crippen LogP contribution in [0.1, 0.15) is 15.9 Å². The van der Waals surface area contributed by atoms with Gasteiger partial charge in [-0.2, -0.15) is 0 Å². The SMILES string of the molecule is COC(=O)Cc1ccc(OC)c(OC)c1C(=O)OC. The molecule has 0 amide bonds. The summed E-state index contributed by atoms with van der Waals surface area (Å²) in [4.78, 5) is 23.2. The van der Waals surface area contributed by atoms with Crippen LogP contribution in [0.3, 0.4) is 0 Å². The van der Waals surface area contributed by atoms with Gasteiger partial charge in [-0.05, 0) is 11.6 Å².